The Bertz CT molecular complexity index is 809. The van der Waals surface area contributed by atoms with Gasteiger partial charge < -0.3 is 15.2 Å². The zero-order valence-corrected chi connectivity index (χ0v) is 13.3. The van der Waals surface area contributed by atoms with Gasteiger partial charge >= 0.3 is 6.09 Å². The molecule has 0 spiro atoms. The molecule has 0 aliphatic carbocycles. The summed E-state index contributed by atoms with van der Waals surface area (Å²) in [6.07, 6.45) is 0.304. The second-order valence-corrected chi connectivity index (χ2v) is 5.50. The number of rotatable bonds is 5. The van der Waals surface area contributed by atoms with Crippen LogP contribution in [0.1, 0.15) is 12.6 Å². The van der Waals surface area contributed by atoms with E-state index in [1.165, 1.54) is 34.8 Å². The topological polar surface area (TPSA) is 110 Å². The highest BCUT2D eigenvalue weighted by Gasteiger charge is 2.32. The lowest BCUT2D eigenvalue weighted by molar-refractivity contribution is -0.119. The van der Waals surface area contributed by atoms with Gasteiger partial charge in [0.2, 0.25) is 5.91 Å². The molecule has 1 saturated heterocycles. The average molecular weight is 349 g/mol. The van der Waals surface area contributed by atoms with E-state index in [1.54, 1.807) is 6.07 Å². The second kappa shape index (κ2) is 6.85. The molecule has 25 heavy (non-hydrogen) atoms. The van der Waals surface area contributed by atoms with Crippen LogP contribution in [-0.2, 0) is 16.1 Å². The van der Waals surface area contributed by atoms with Crippen molar-refractivity contribution in [3.05, 3.63) is 35.9 Å². The maximum Gasteiger partial charge on any atom is 0.414 e. The first-order valence-electron chi connectivity index (χ1n) is 7.52. The molecule has 1 aromatic carbocycles. The minimum atomic E-state index is -0.606. The number of nitrogens with zero attached hydrogens (tertiary/aromatic N) is 4. The van der Waals surface area contributed by atoms with Gasteiger partial charge in [-0.05, 0) is 18.2 Å². The van der Waals surface area contributed by atoms with Crippen LogP contribution in [0.2, 0.25) is 0 Å². The standard InChI is InChI=1S/C15H16FN5O4/c1-9(23)17-5-12-7-20(15(24)25-12)11-2-3-14(13(16)4-11)21-6-10(8-22)18-19-21/h2-4,6,12,22H,5,7-8H2,1H3,(H,17,23)/t12-/m0/s1. The number of hydrogen-bond acceptors (Lipinski definition) is 6. The van der Waals surface area contributed by atoms with Gasteiger partial charge in [-0.25, -0.2) is 13.9 Å². The third kappa shape index (κ3) is 3.58. The molecule has 3 rings (SSSR count). The highest BCUT2D eigenvalue weighted by Crippen LogP contribution is 2.25. The Hall–Kier alpha value is -3.01. The Kier molecular flexibility index (Phi) is 4.61. The third-order valence-corrected chi connectivity index (χ3v) is 3.65. The maximum absolute atomic E-state index is 14.4. The normalized spacial score (nSPS) is 16.8. The Morgan fingerprint density at radius 3 is 2.96 bits per heavy atom. The molecule has 1 aliphatic heterocycles. The monoisotopic (exact) mass is 349 g/mol. The lowest BCUT2D eigenvalue weighted by atomic mass is 10.2. The Morgan fingerprint density at radius 1 is 1.52 bits per heavy atom. The number of carbonyl (C=O) groups is 2. The number of anilines is 1. The van der Waals surface area contributed by atoms with Crippen molar-refractivity contribution in [3.8, 4) is 5.69 Å². The maximum atomic E-state index is 14.4. The number of cyclic esters (lactones) is 1. The van der Waals surface area contributed by atoms with Gasteiger partial charge in [-0.2, -0.15) is 0 Å². The number of benzene rings is 1. The third-order valence-electron chi connectivity index (χ3n) is 3.65. The van der Waals surface area contributed by atoms with Crippen LogP contribution in [0.5, 0.6) is 0 Å². The summed E-state index contributed by atoms with van der Waals surface area (Å²) in [5, 5.41) is 19.0. The summed E-state index contributed by atoms with van der Waals surface area (Å²) in [7, 11) is 0. The van der Waals surface area contributed by atoms with Gasteiger partial charge in [0.1, 0.15) is 17.5 Å². The van der Waals surface area contributed by atoms with Gasteiger partial charge in [0.15, 0.2) is 5.82 Å². The van der Waals surface area contributed by atoms with Crippen LogP contribution in [0.15, 0.2) is 24.4 Å². The van der Waals surface area contributed by atoms with E-state index in [2.05, 4.69) is 15.6 Å². The van der Waals surface area contributed by atoms with Crippen LogP contribution >= 0.6 is 0 Å². The van der Waals surface area contributed by atoms with Crippen molar-refractivity contribution in [1.29, 1.82) is 0 Å². The van der Waals surface area contributed by atoms with E-state index in [0.717, 1.165) is 0 Å². The molecule has 1 atom stereocenters. The molecule has 9 nitrogen and oxygen atoms in total. The van der Waals surface area contributed by atoms with E-state index in [1.807, 2.05) is 0 Å². The van der Waals surface area contributed by atoms with E-state index in [-0.39, 0.29) is 31.3 Å². The van der Waals surface area contributed by atoms with Crippen molar-refractivity contribution >= 4 is 17.7 Å². The molecule has 1 aromatic heterocycles. The van der Waals surface area contributed by atoms with Crippen LogP contribution in [0.3, 0.4) is 0 Å². The highest BCUT2D eigenvalue weighted by molar-refractivity contribution is 5.90. The molecule has 10 heteroatoms. The number of halogens is 1. The molecular formula is C15H16FN5O4. The molecule has 0 bridgehead atoms. The molecule has 132 valence electrons. The predicted octanol–water partition coefficient (Wildman–Crippen LogP) is 0.360. The fraction of sp³-hybridized carbons (Fsp3) is 0.333. The fourth-order valence-corrected chi connectivity index (χ4v) is 2.43. The smallest absolute Gasteiger partial charge is 0.414 e. The second-order valence-electron chi connectivity index (χ2n) is 5.50. The van der Waals surface area contributed by atoms with Crippen molar-refractivity contribution in [3.63, 3.8) is 0 Å². The fourth-order valence-electron chi connectivity index (χ4n) is 2.43. The molecular weight excluding hydrogens is 333 g/mol. The van der Waals surface area contributed by atoms with Gasteiger partial charge in [-0.1, -0.05) is 5.21 Å². The van der Waals surface area contributed by atoms with E-state index in [4.69, 9.17) is 9.84 Å². The number of ether oxygens (including phenoxy) is 1. The number of carbonyl (C=O) groups excluding carboxylic acids is 2. The number of aliphatic hydroxyl groups excluding tert-OH is 1. The Morgan fingerprint density at radius 2 is 2.32 bits per heavy atom. The van der Waals surface area contributed by atoms with Gasteiger partial charge in [0, 0.05) is 6.92 Å². The van der Waals surface area contributed by atoms with Crippen molar-refractivity contribution in [2.45, 2.75) is 19.6 Å². The number of amides is 2. The zero-order chi connectivity index (χ0) is 18.0. The summed E-state index contributed by atoms with van der Waals surface area (Å²) in [5.41, 5.74) is 0.782. The summed E-state index contributed by atoms with van der Waals surface area (Å²) < 4.78 is 20.7. The van der Waals surface area contributed by atoms with Crippen molar-refractivity contribution in [2.75, 3.05) is 18.0 Å². The molecule has 2 N–H and O–H groups in total. The van der Waals surface area contributed by atoms with Gasteiger partial charge in [0.05, 0.1) is 31.6 Å². The van der Waals surface area contributed by atoms with Crippen molar-refractivity contribution < 1.29 is 23.8 Å². The SMILES string of the molecule is CC(=O)NC[C@H]1CN(c2ccc(-n3cc(CO)nn3)c(F)c2)C(=O)O1. The van der Waals surface area contributed by atoms with Crippen LogP contribution in [-0.4, -0.2) is 51.3 Å². The van der Waals surface area contributed by atoms with Crippen molar-refractivity contribution in [1.82, 2.24) is 20.3 Å². The highest BCUT2D eigenvalue weighted by atomic mass is 19.1. The largest absolute Gasteiger partial charge is 0.442 e. The summed E-state index contributed by atoms with van der Waals surface area (Å²) in [5.74, 6) is -0.829. The number of aliphatic hydroxyl groups is 1. The Balaban J connectivity index is 1.76. The number of hydrogen-bond donors (Lipinski definition) is 2. The van der Waals surface area contributed by atoms with Gasteiger partial charge in [-0.3, -0.25) is 9.69 Å². The summed E-state index contributed by atoms with van der Waals surface area (Å²) in [6, 6.07) is 4.20. The van der Waals surface area contributed by atoms with E-state index < -0.39 is 18.0 Å². The van der Waals surface area contributed by atoms with E-state index in [0.29, 0.717) is 11.4 Å². The first-order chi connectivity index (χ1) is 12.0. The molecule has 0 radical (unpaired) electrons. The van der Waals surface area contributed by atoms with Crippen LogP contribution in [0.4, 0.5) is 14.9 Å². The molecule has 2 amide bonds. The quantitative estimate of drug-likeness (QED) is 0.807. The number of nitrogens with one attached hydrogen (secondary N) is 1. The molecule has 2 heterocycles. The lowest BCUT2D eigenvalue weighted by Crippen LogP contribution is -2.33. The first kappa shape index (κ1) is 16.8. The predicted molar refractivity (Wildman–Crippen MR) is 83.5 cm³/mol. The molecule has 2 aromatic rings. The molecule has 0 unspecified atom stereocenters. The van der Waals surface area contributed by atoms with Gasteiger partial charge in [-0.15, -0.1) is 5.10 Å². The first-order valence-corrected chi connectivity index (χ1v) is 7.52. The number of aromatic nitrogens is 3. The summed E-state index contributed by atoms with van der Waals surface area (Å²) in [6.45, 7) is 1.47. The molecule has 1 fully saturated rings. The van der Waals surface area contributed by atoms with E-state index >= 15 is 0 Å². The average Bonchev–Trinajstić information content (AvgIpc) is 3.19. The van der Waals surface area contributed by atoms with Crippen LogP contribution in [0, 0.1) is 5.82 Å². The zero-order valence-electron chi connectivity index (χ0n) is 13.3. The van der Waals surface area contributed by atoms with E-state index in [9.17, 15) is 14.0 Å². The summed E-state index contributed by atoms with van der Waals surface area (Å²) in [4.78, 5) is 24.2. The lowest BCUT2D eigenvalue weighted by Gasteiger charge is -2.14. The van der Waals surface area contributed by atoms with Crippen LogP contribution in [0.25, 0.3) is 5.69 Å². The summed E-state index contributed by atoms with van der Waals surface area (Å²) >= 11 is 0. The molecule has 1 aliphatic rings. The minimum absolute atomic E-state index is 0.137. The van der Waals surface area contributed by atoms with Crippen LogP contribution < -0.4 is 10.2 Å². The minimum Gasteiger partial charge on any atom is -0.442 e. The van der Waals surface area contributed by atoms with Gasteiger partial charge in [0.25, 0.3) is 0 Å². The van der Waals surface area contributed by atoms with Crippen molar-refractivity contribution in [2.24, 2.45) is 0 Å². The molecule has 0 saturated carbocycles. The Labute approximate surface area is 142 Å².